The number of alkyl halides is 5. The molecule has 1 aromatic rings. The van der Waals surface area contributed by atoms with Crippen LogP contribution in [0.3, 0.4) is 0 Å². The summed E-state index contributed by atoms with van der Waals surface area (Å²) in [4.78, 5) is 2.78. The molecular formula is C7H2F6IN. The van der Waals surface area contributed by atoms with Gasteiger partial charge in [0.2, 0.25) is 0 Å². The van der Waals surface area contributed by atoms with Gasteiger partial charge in [0.1, 0.15) is 5.82 Å². The average molecular weight is 341 g/mol. The number of pyridine rings is 1. The Bertz CT molecular complexity index is 374. The Morgan fingerprint density at radius 3 is 2.20 bits per heavy atom. The second-order valence-electron chi connectivity index (χ2n) is 2.49. The van der Waals surface area contributed by atoms with E-state index in [4.69, 9.17) is 0 Å². The van der Waals surface area contributed by atoms with Crippen molar-refractivity contribution in [1.29, 1.82) is 0 Å². The van der Waals surface area contributed by atoms with Gasteiger partial charge in [-0.2, -0.15) is 13.2 Å². The predicted molar refractivity (Wildman–Crippen MR) is 46.9 cm³/mol. The summed E-state index contributed by atoms with van der Waals surface area (Å²) in [6.45, 7) is 0. The van der Waals surface area contributed by atoms with Crippen LogP contribution >= 0.6 is 22.6 Å². The molecule has 0 saturated carbocycles. The van der Waals surface area contributed by atoms with Crippen molar-refractivity contribution in [1.82, 2.24) is 4.98 Å². The quantitative estimate of drug-likeness (QED) is 0.560. The largest absolute Gasteiger partial charge is 0.434 e. The monoisotopic (exact) mass is 341 g/mol. The maximum Gasteiger partial charge on any atom is 0.434 e. The molecule has 1 nitrogen and oxygen atoms in total. The van der Waals surface area contributed by atoms with Gasteiger partial charge in [-0.3, -0.25) is 4.98 Å². The first-order valence-electron chi connectivity index (χ1n) is 3.44. The first kappa shape index (κ1) is 12.5. The average Bonchev–Trinajstić information content (AvgIpc) is 2.06. The second-order valence-corrected chi connectivity index (χ2v) is 3.57. The van der Waals surface area contributed by atoms with Gasteiger partial charge in [-0.1, -0.05) is 0 Å². The normalized spacial score (nSPS) is 12.3. The molecule has 0 saturated heterocycles. The third-order valence-electron chi connectivity index (χ3n) is 1.49. The number of nitrogens with zero attached hydrogens (tertiary/aromatic N) is 1. The molecule has 0 aliphatic rings. The molecular weight excluding hydrogens is 339 g/mol. The predicted octanol–water partition coefficient (Wildman–Crippen LogP) is 3.78. The smallest absolute Gasteiger partial charge is 0.250 e. The van der Waals surface area contributed by atoms with Crippen molar-refractivity contribution in [2.24, 2.45) is 0 Å². The molecule has 0 amide bonds. The fraction of sp³-hybridized carbons (Fsp3) is 0.286. The van der Waals surface area contributed by atoms with Crippen molar-refractivity contribution in [2.45, 2.75) is 12.6 Å². The number of hydrogen-bond donors (Lipinski definition) is 0. The summed E-state index contributed by atoms with van der Waals surface area (Å²) in [6, 6.07) is 0. The molecule has 0 atom stereocenters. The Balaban J connectivity index is 3.34. The number of hydrogen-bond acceptors (Lipinski definition) is 1. The SMILES string of the molecule is Fc1c(C(F)F)cnc(C(F)(F)F)c1I. The zero-order valence-electron chi connectivity index (χ0n) is 6.75. The highest BCUT2D eigenvalue weighted by molar-refractivity contribution is 14.1. The lowest BCUT2D eigenvalue weighted by Gasteiger charge is -2.10. The first-order chi connectivity index (χ1) is 6.75. The fourth-order valence-corrected chi connectivity index (χ4v) is 1.58. The molecule has 0 bridgehead atoms. The molecule has 0 aliphatic heterocycles. The molecule has 0 N–H and O–H groups in total. The van der Waals surface area contributed by atoms with Crippen LogP contribution in [0.2, 0.25) is 0 Å². The van der Waals surface area contributed by atoms with Crippen molar-refractivity contribution in [3.63, 3.8) is 0 Å². The van der Waals surface area contributed by atoms with Gasteiger partial charge >= 0.3 is 6.18 Å². The van der Waals surface area contributed by atoms with Crippen molar-refractivity contribution in [2.75, 3.05) is 0 Å². The summed E-state index contributed by atoms with van der Waals surface area (Å²) >= 11 is 0.998. The summed E-state index contributed by atoms with van der Waals surface area (Å²) in [7, 11) is 0. The molecule has 84 valence electrons. The number of aromatic nitrogens is 1. The van der Waals surface area contributed by atoms with E-state index in [0.717, 1.165) is 22.6 Å². The molecule has 15 heavy (non-hydrogen) atoms. The highest BCUT2D eigenvalue weighted by Gasteiger charge is 2.37. The molecule has 0 spiro atoms. The Morgan fingerprint density at radius 2 is 1.80 bits per heavy atom. The van der Waals surface area contributed by atoms with Crippen LogP contribution in [-0.4, -0.2) is 4.98 Å². The van der Waals surface area contributed by atoms with Crippen LogP contribution in [0.15, 0.2) is 6.20 Å². The zero-order valence-corrected chi connectivity index (χ0v) is 8.91. The molecule has 0 aliphatic carbocycles. The van der Waals surface area contributed by atoms with E-state index in [9.17, 15) is 26.3 Å². The van der Waals surface area contributed by atoms with E-state index in [-0.39, 0.29) is 6.20 Å². The van der Waals surface area contributed by atoms with Crippen LogP contribution in [0.1, 0.15) is 17.7 Å². The second kappa shape index (κ2) is 4.14. The summed E-state index contributed by atoms with van der Waals surface area (Å²) in [6.07, 6.45) is -7.84. The zero-order chi connectivity index (χ0) is 11.8. The Morgan fingerprint density at radius 1 is 1.27 bits per heavy atom. The van der Waals surface area contributed by atoms with Gasteiger partial charge in [0.05, 0.1) is 9.13 Å². The third kappa shape index (κ3) is 2.52. The summed E-state index contributed by atoms with van der Waals surface area (Å²) in [5.41, 5.74) is -2.63. The molecule has 1 aromatic heterocycles. The minimum atomic E-state index is -4.85. The van der Waals surface area contributed by atoms with Crippen LogP contribution < -0.4 is 0 Å². The molecule has 1 rings (SSSR count). The molecule has 1 heterocycles. The van der Waals surface area contributed by atoms with Gasteiger partial charge in [0, 0.05) is 6.20 Å². The highest BCUT2D eigenvalue weighted by atomic mass is 127. The Hall–Kier alpha value is -0.540. The van der Waals surface area contributed by atoms with E-state index in [1.807, 2.05) is 0 Å². The van der Waals surface area contributed by atoms with Gasteiger partial charge in [0.25, 0.3) is 6.43 Å². The summed E-state index contributed by atoms with van der Waals surface area (Å²) < 4.78 is 72.6. The van der Waals surface area contributed by atoms with Gasteiger partial charge in [0.15, 0.2) is 5.69 Å². The van der Waals surface area contributed by atoms with Crippen molar-refractivity contribution in [3.8, 4) is 0 Å². The molecule has 8 heteroatoms. The molecule has 0 unspecified atom stereocenters. The van der Waals surface area contributed by atoms with Crippen LogP contribution in [0.25, 0.3) is 0 Å². The highest BCUT2D eigenvalue weighted by Crippen LogP contribution is 2.34. The lowest BCUT2D eigenvalue weighted by atomic mass is 10.2. The van der Waals surface area contributed by atoms with E-state index in [2.05, 4.69) is 4.98 Å². The maximum absolute atomic E-state index is 13.0. The van der Waals surface area contributed by atoms with Crippen LogP contribution in [0.4, 0.5) is 26.3 Å². The topological polar surface area (TPSA) is 12.9 Å². The third-order valence-corrected chi connectivity index (χ3v) is 2.47. The molecule has 0 radical (unpaired) electrons. The Kier molecular flexibility index (Phi) is 3.46. The minimum absolute atomic E-state index is 0.199. The van der Waals surface area contributed by atoms with E-state index in [1.54, 1.807) is 0 Å². The van der Waals surface area contributed by atoms with E-state index >= 15 is 0 Å². The van der Waals surface area contributed by atoms with Crippen molar-refractivity contribution >= 4 is 22.6 Å². The van der Waals surface area contributed by atoms with Gasteiger partial charge < -0.3 is 0 Å². The van der Waals surface area contributed by atoms with Gasteiger partial charge in [-0.25, -0.2) is 13.2 Å². The lowest BCUT2D eigenvalue weighted by molar-refractivity contribution is -0.142. The van der Waals surface area contributed by atoms with Crippen molar-refractivity contribution in [3.05, 3.63) is 26.8 Å². The van der Waals surface area contributed by atoms with E-state index in [1.165, 1.54) is 0 Å². The van der Waals surface area contributed by atoms with E-state index < -0.39 is 33.2 Å². The summed E-state index contributed by atoms with van der Waals surface area (Å²) in [5.74, 6) is -1.58. The summed E-state index contributed by atoms with van der Waals surface area (Å²) in [5, 5.41) is 0. The molecule has 0 fully saturated rings. The number of rotatable bonds is 1. The maximum atomic E-state index is 13.0. The Labute approximate surface area is 93.6 Å². The van der Waals surface area contributed by atoms with Crippen LogP contribution in [0, 0.1) is 9.39 Å². The van der Waals surface area contributed by atoms with Gasteiger partial charge in [-0.05, 0) is 22.6 Å². The standard InChI is InChI=1S/C7H2F6IN/c8-3-2(6(9)10)1-15-5(4(3)14)7(11,12)13/h1,6H. The first-order valence-corrected chi connectivity index (χ1v) is 4.52. The molecule has 0 aromatic carbocycles. The minimum Gasteiger partial charge on any atom is -0.250 e. The van der Waals surface area contributed by atoms with Gasteiger partial charge in [-0.15, -0.1) is 0 Å². The van der Waals surface area contributed by atoms with Crippen molar-refractivity contribution < 1.29 is 26.3 Å². The van der Waals surface area contributed by atoms with Crippen LogP contribution in [0.5, 0.6) is 0 Å². The van der Waals surface area contributed by atoms with E-state index in [0.29, 0.717) is 0 Å². The lowest BCUT2D eigenvalue weighted by Crippen LogP contribution is -2.13. The fourth-order valence-electron chi connectivity index (χ4n) is 0.828. The number of halogens is 7. The van der Waals surface area contributed by atoms with Crippen LogP contribution in [-0.2, 0) is 6.18 Å².